The Hall–Kier alpha value is -2.89. The van der Waals surface area contributed by atoms with Crippen molar-refractivity contribution in [2.45, 2.75) is 45.4 Å². The lowest BCUT2D eigenvalue weighted by Gasteiger charge is -2.34. The zero-order valence-corrected chi connectivity index (χ0v) is 20.5. The number of hydrogen-bond donors (Lipinski definition) is 0. The number of aryl methyl sites for hydroxylation is 2. The molecule has 2 fully saturated rings. The second-order valence-corrected chi connectivity index (χ2v) is 9.77. The molecule has 2 aliphatic heterocycles. The number of ether oxygens (including phenoxy) is 2. The first kappa shape index (κ1) is 21.6. The number of fused-ring (bicyclic) bond motifs is 1. The van der Waals surface area contributed by atoms with E-state index in [1.54, 1.807) is 11.0 Å². The Balaban J connectivity index is 1.55. The van der Waals surface area contributed by atoms with Gasteiger partial charge >= 0.3 is 0 Å². The van der Waals surface area contributed by atoms with Crippen molar-refractivity contribution in [3.05, 3.63) is 24.2 Å². The first-order chi connectivity index (χ1) is 16.6. The van der Waals surface area contributed by atoms with E-state index in [0.29, 0.717) is 13.2 Å². The van der Waals surface area contributed by atoms with E-state index < -0.39 is 0 Å². The zero-order chi connectivity index (χ0) is 23.2. The molecule has 6 rings (SSSR count). The maximum Gasteiger partial charge on any atom is 0.159 e. The number of hydrogen-bond acceptors (Lipinski definition) is 9. The second-order valence-electron chi connectivity index (χ2n) is 9.00. The molecule has 0 amide bonds. The molecule has 4 aromatic heterocycles. The number of rotatable bonds is 4. The van der Waals surface area contributed by atoms with E-state index in [1.807, 2.05) is 18.7 Å². The van der Waals surface area contributed by atoms with Crippen LogP contribution in [0, 0.1) is 6.92 Å². The zero-order valence-electron chi connectivity index (χ0n) is 19.6. The Morgan fingerprint density at radius 2 is 2.09 bits per heavy atom. The van der Waals surface area contributed by atoms with Gasteiger partial charge in [-0.3, -0.25) is 0 Å². The summed E-state index contributed by atoms with van der Waals surface area (Å²) in [6.45, 7) is 7.09. The van der Waals surface area contributed by atoms with Gasteiger partial charge in [-0.25, -0.2) is 19.3 Å². The molecule has 4 aromatic rings. The molecule has 0 N–H and O–H groups in total. The van der Waals surface area contributed by atoms with Gasteiger partial charge in [0.2, 0.25) is 0 Å². The van der Waals surface area contributed by atoms with E-state index in [1.165, 1.54) is 11.5 Å². The monoisotopic (exact) mass is 480 g/mol. The molecule has 34 heavy (non-hydrogen) atoms. The Morgan fingerprint density at radius 3 is 2.85 bits per heavy atom. The summed E-state index contributed by atoms with van der Waals surface area (Å²) in [6.07, 6.45) is 4.68. The highest BCUT2D eigenvalue weighted by Crippen LogP contribution is 2.39. The van der Waals surface area contributed by atoms with Gasteiger partial charge in [0.15, 0.2) is 12.1 Å². The van der Waals surface area contributed by atoms with Gasteiger partial charge in [-0.2, -0.15) is 14.6 Å². The third-order valence-corrected chi connectivity index (χ3v) is 7.42. The fraction of sp³-hybridized carbons (Fsp3) is 0.522. The van der Waals surface area contributed by atoms with Crippen LogP contribution in [-0.2, 0) is 16.5 Å². The highest BCUT2D eigenvalue weighted by atomic mass is 32.1. The van der Waals surface area contributed by atoms with E-state index in [9.17, 15) is 0 Å². The van der Waals surface area contributed by atoms with Crippen molar-refractivity contribution in [1.29, 1.82) is 0 Å². The molecule has 0 bridgehead atoms. The van der Waals surface area contributed by atoms with E-state index in [-0.39, 0.29) is 12.3 Å². The van der Waals surface area contributed by atoms with Crippen molar-refractivity contribution in [3.63, 3.8) is 0 Å². The molecular weight excluding hydrogens is 452 g/mol. The summed E-state index contributed by atoms with van der Waals surface area (Å²) in [4.78, 5) is 12.0. The van der Waals surface area contributed by atoms with Gasteiger partial charge in [0, 0.05) is 25.8 Å². The van der Waals surface area contributed by atoms with Crippen LogP contribution in [0.5, 0.6) is 0 Å². The molecule has 0 spiro atoms. The quantitative estimate of drug-likeness (QED) is 0.437. The predicted molar refractivity (Wildman–Crippen MR) is 130 cm³/mol. The van der Waals surface area contributed by atoms with E-state index in [2.05, 4.69) is 34.0 Å². The van der Waals surface area contributed by atoms with Crippen LogP contribution in [0.25, 0.3) is 33.0 Å². The second kappa shape index (κ2) is 8.71. The topological polar surface area (TPSA) is 96.0 Å². The van der Waals surface area contributed by atoms with Gasteiger partial charge in [-0.15, -0.1) is 0 Å². The summed E-state index contributed by atoms with van der Waals surface area (Å²) < 4.78 is 21.4. The Labute approximate surface area is 201 Å². The van der Waals surface area contributed by atoms with Crippen LogP contribution in [0.2, 0.25) is 0 Å². The average Bonchev–Trinajstić information content (AvgIpc) is 3.57. The van der Waals surface area contributed by atoms with Crippen molar-refractivity contribution in [3.8, 4) is 22.8 Å². The lowest BCUT2D eigenvalue weighted by Crippen LogP contribution is -2.44. The van der Waals surface area contributed by atoms with Crippen molar-refractivity contribution in [1.82, 2.24) is 33.9 Å². The molecule has 178 valence electrons. The van der Waals surface area contributed by atoms with Crippen LogP contribution < -0.4 is 4.90 Å². The van der Waals surface area contributed by atoms with Crippen molar-refractivity contribution >= 4 is 27.6 Å². The van der Waals surface area contributed by atoms with Crippen LogP contribution in [-0.4, -0.2) is 66.3 Å². The normalized spacial score (nSPS) is 21.4. The summed E-state index contributed by atoms with van der Waals surface area (Å²) in [5.41, 5.74) is 4.56. The van der Waals surface area contributed by atoms with Gasteiger partial charge < -0.3 is 14.4 Å². The van der Waals surface area contributed by atoms with Gasteiger partial charge in [0.1, 0.15) is 23.4 Å². The highest BCUT2D eigenvalue weighted by molar-refractivity contribution is 7.14. The van der Waals surface area contributed by atoms with Crippen molar-refractivity contribution in [2.75, 3.05) is 31.3 Å². The number of anilines is 1. The first-order valence-electron chi connectivity index (χ1n) is 11.8. The van der Waals surface area contributed by atoms with Crippen LogP contribution in [0.3, 0.4) is 0 Å². The van der Waals surface area contributed by atoms with Crippen LogP contribution in [0.4, 0.5) is 5.82 Å². The minimum Gasteiger partial charge on any atom is -0.377 e. The molecule has 0 aromatic carbocycles. The lowest BCUT2D eigenvalue weighted by molar-refractivity contribution is -0.0385. The van der Waals surface area contributed by atoms with Gasteiger partial charge in [-0.1, -0.05) is 0 Å². The third kappa shape index (κ3) is 3.68. The molecule has 2 saturated heterocycles. The molecule has 1 unspecified atom stereocenters. The highest BCUT2D eigenvalue weighted by Gasteiger charge is 2.27. The Bertz CT molecular complexity index is 1320. The summed E-state index contributed by atoms with van der Waals surface area (Å²) >= 11 is 1.44. The summed E-state index contributed by atoms with van der Waals surface area (Å²) in [7, 11) is 1.91. The Kier molecular flexibility index (Phi) is 5.54. The maximum atomic E-state index is 6.07. The smallest absolute Gasteiger partial charge is 0.159 e. The van der Waals surface area contributed by atoms with Crippen LogP contribution >= 0.6 is 11.5 Å². The molecule has 0 saturated carbocycles. The van der Waals surface area contributed by atoms with E-state index in [4.69, 9.17) is 23.9 Å². The van der Waals surface area contributed by atoms with Crippen molar-refractivity contribution in [2.24, 2.45) is 7.05 Å². The van der Waals surface area contributed by atoms with Crippen molar-refractivity contribution < 1.29 is 9.47 Å². The first-order valence-corrected chi connectivity index (χ1v) is 12.5. The molecular formula is C23H28N8O2S. The maximum absolute atomic E-state index is 6.07. The lowest BCUT2D eigenvalue weighted by atomic mass is 10.1. The SMILES string of the molecule is Cc1cc(-c2nsc3c(-c4ncnn4C)cc(N4CCOC[C@H]4C)nc23)n(C2CCCCO2)n1. The summed E-state index contributed by atoms with van der Waals surface area (Å²) in [5, 5.41) is 9.09. The van der Waals surface area contributed by atoms with E-state index in [0.717, 1.165) is 76.9 Å². The number of nitrogens with zero attached hydrogens (tertiary/aromatic N) is 8. The number of aromatic nitrogens is 7. The third-order valence-electron chi connectivity index (χ3n) is 6.56. The van der Waals surface area contributed by atoms with Crippen LogP contribution in [0.15, 0.2) is 18.5 Å². The molecule has 10 nitrogen and oxygen atoms in total. The van der Waals surface area contributed by atoms with Gasteiger partial charge in [-0.05, 0) is 56.8 Å². The fourth-order valence-corrected chi connectivity index (χ4v) is 5.67. The minimum atomic E-state index is -0.0742. The molecule has 0 aliphatic carbocycles. The predicted octanol–water partition coefficient (Wildman–Crippen LogP) is 3.58. The average molecular weight is 481 g/mol. The largest absolute Gasteiger partial charge is 0.377 e. The molecule has 0 radical (unpaired) electrons. The molecule has 11 heteroatoms. The molecule has 2 aliphatic rings. The summed E-state index contributed by atoms with van der Waals surface area (Å²) in [5.74, 6) is 1.70. The number of pyridine rings is 1. The van der Waals surface area contributed by atoms with Gasteiger partial charge in [0.25, 0.3) is 0 Å². The number of morpholine rings is 1. The standard InChI is InChI=1S/C23H28N8O2S/c1-14-10-17(31(27-14)19-6-4-5-8-33-19)20-21-22(34-28-20)16(23-24-13-25-29(23)3)11-18(26-21)30-7-9-32-12-15(30)2/h10-11,13,15,19H,4-9,12H2,1-3H3/t15-,19?/m1/s1. The van der Waals surface area contributed by atoms with Crippen LogP contribution in [0.1, 0.15) is 38.1 Å². The Morgan fingerprint density at radius 1 is 1.18 bits per heavy atom. The molecule has 2 atom stereocenters. The minimum absolute atomic E-state index is 0.0742. The summed E-state index contributed by atoms with van der Waals surface area (Å²) in [6, 6.07) is 4.42. The fourth-order valence-electron chi connectivity index (χ4n) is 4.83. The molecule has 6 heterocycles. The van der Waals surface area contributed by atoms with E-state index >= 15 is 0 Å². The van der Waals surface area contributed by atoms with Gasteiger partial charge in [0.05, 0.1) is 35.3 Å².